The Morgan fingerprint density at radius 2 is 1.47 bits per heavy atom. The zero-order chi connectivity index (χ0) is 26.4. The summed E-state index contributed by atoms with van der Waals surface area (Å²) in [6, 6.07) is -4.36. The van der Waals surface area contributed by atoms with E-state index in [1.54, 1.807) is 0 Å². The smallest absolute Gasteiger partial charge is 0.326 e. The van der Waals surface area contributed by atoms with Gasteiger partial charge in [-0.3, -0.25) is 24.2 Å². The van der Waals surface area contributed by atoms with Crippen LogP contribution >= 0.6 is 0 Å². The van der Waals surface area contributed by atoms with Crippen molar-refractivity contribution in [1.29, 1.82) is 0 Å². The summed E-state index contributed by atoms with van der Waals surface area (Å²) in [5.74, 6) is -4.27. The predicted octanol–water partition coefficient (Wildman–Crippen LogP) is -2.76. The molecule has 0 aliphatic rings. The third kappa shape index (κ3) is 12.0. The molecule has 0 radical (unpaired) electrons. The number of hydrogen-bond acceptors (Lipinski definition) is 7. The summed E-state index contributed by atoms with van der Waals surface area (Å²) in [5.41, 5.74) is 21.5. The summed E-state index contributed by atoms with van der Waals surface area (Å²) in [7, 11) is 0. The van der Waals surface area contributed by atoms with Gasteiger partial charge in [0.15, 0.2) is 5.96 Å². The van der Waals surface area contributed by atoms with Gasteiger partial charge in [0.2, 0.25) is 23.6 Å². The van der Waals surface area contributed by atoms with E-state index >= 15 is 0 Å². The number of hydrogen-bond donors (Lipinski definition) is 8. The van der Waals surface area contributed by atoms with Gasteiger partial charge < -0.3 is 44.0 Å². The lowest BCUT2D eigenvalue weighted by atomic mass is 9.98. The van der Waals surface area contributed by atoms with E-state index in [0.717, 1.165) is 0 Å². The molecule has 194 valence electrons. The van der Waals surface area contributed by atoms with Crippen molar-refractivity contribution in [2.45, 2.75) is 77.0 Å². The normalized spacial score (nSPS) is 15.1. The summed E-state index contributed by atoms with van der Waals surface area (Å²) < 4.78 is 0. The van der Waals surface area contributed by atoms with Crippen LogP contribution in [0.3, 0.4) is 0 Å². The molecule has 14 nitrogen and oxygen atoms in total. The number of carbonyl (C=O) groups excluding carboxylic acids is 4. The van der Waals surface area contributed by atoms with Gasteiger partial charge in [-0.1, -0.05) is 20.3 Å². The molecule has 0 spiro atoms. The fourth-order valence-electron chi connectivity index (χ4n) is 2.77. The number of aliphatic imine (C=N–C) groups is 1. The Balaban J connectivity index is 5.23. The number of nitrogens with one attached hydrogen (secondary N) is 3. The maximum absolute atomic E-state index is 12.8. The van der Waals surface area contributed by atoms with Crippen LogP contribution in [-0.4, -0.2) is 71.4 Å². The summed E-state index contributed by atoms with van der Waals surface area (Å²) in [6.07, 6.45) is 0.732. The molecule has 0 aromatic carbocycles. The monoisotopic (exact) mass is 486 g/mol. The number of guanidine groups is 1. The largest absolute Gasteiger partial charge is 0.480 e. The highest BCUT2D eigenvalue weighted by Gasteiger charge is 2.29. The summed E-state index contributed by atoms with van der Waals surface area (Å²) in [5, 5.41) is 16.5. The molecule has 0 fully saturated rings. The molecule has 34 heavy (non-hydrogen) atoms. The predicted molar refractivity (Wildman–Crippen MR) is 125 cm³/mol. The molecule has 5 atom stereocenters. The standard InChI is InChI=1S/C20H38N8O6/c1-4-10(2)15(22)18(32)27-12(6-5-9-25-20(23)24)17(31)26-11(3)16(30)28-13(19(33)34)7-8-14(21)29/h10-13,15H,4-9,22H2,1-3H3,(H2,21,29)(H,26,31)(H,27,32)(H,28,30)(H,33,34)(H4,23,24,25)/t10-,11-,12-,13-,15-/m0/s1. The molecule has 0 aliphatic heterocycles. The number of carboxylic acids is 1. The van der Waals surface area contributed by atoms with Crippen molar-refractivity contribution in [2.24, 2.45) is 33.8 Å². The number of aliphatic carboxylic acids is 1. The van der Waals surface area contributed by atoms with Gasteiger partial charge in [0.05, 0.1) is 6.04 Å². The minimum absolute atomic E-state index is 0.113. The Hall–Kier alpha value is -3.42. The fourth-order valence-corrected chi connectivity index (χ4v) is 2.77. The minimum Gasteiger partial charge on any atom is -0.480 e. The molecule has 0 saturated heterocycles. The zero-order valence-electron chi connectivity index (χ0n) is 19.9. The maximum Gasteiger partial charge on any atom is 0.326 e. The van der Waals surface area contributed by atoms with Gasteiger partial charge in [-0.05, 0) is 32.1 Å². The van der Waals surface area contributed by atoms with E-state index in [-0.39, 0.29) is 37.7 Å². The van der Waals surface area contributed by atoms with Crippen molar-refractivity contribution in [1.82, 2.24) is 16.0 Å². The van der Waals surface area contributed by atoms with Crippen molar-refractivity contribution >= 4 is 35.6 Å². The molecular formula is C20H38N8O6. The lowest BCUT2D eigenvalue weighted by Gasteiger charge is -2.24. The Bertz CT molecular complexity index is 755. The van der Waals surface area contributed by atoms with Gasteiger partial charge in [0.25, 0.3) is 0 Å². The third-order valence-electron chi connectivity index (χ3n) is 5.18. The highest BCUT2D eigenvalue weighted by atomic mass is 16.4. The molecule has 0 unspecified atom stereocenters. The van der Waals surface area contributed by atoms with Gasteiger partial charge in [-0.15, -0.1) is 0 Å². The molecular weight excluding hydrogens is 448 g/mol. The Labute approximate surface area is 198 Å². The van der Waals surface area contributed by atoms with Gasteiger partial charge in [-0.25, -0.2) is 4.79 Å². The fraction of sp³-hybridized carbons (Fsp3) is 0.700. The topological polar surface area (TPSA) is 258 Å². The zero-order valence-corrected chi connectivity index (χ0v) is 19.9. The van der Waals surface area contributed by atoms with E-state index in [4.69, 9.17) is 22.9 Å². The van der Waals surface area contributed by atoms with Crippen LogP contribution in [0.25, 0.3) is 0 Å². The van der Waals surface area contributed by atoms with Crippen LogP contribution in [-0.2, 0) is 24.0 Å². The van der Waals surface area contributed by atoms with Crippen molar-refractivity contribution in [3.63, 3.8) is 0 Å². The number of rotatable bonds is 16. The van der Waals surface area contributed by atoms with Gasteiger partial charge in [0.1, 0.15) is 18.1 Å². The SMILES string of the molecule is CC[C@H](C)[C@H](N)C(=O)N[C@@H](CCCN=C(N)N)C(=O)N[C@@H](C)C(=O)N[C@@H](CCC(N)=O)C(=O)O. The lowest BCUT2D eigenvalue weighted by Crippen LogP contribution is -2.57. The second kappa shape index (κ2) is 15.4. The summed E-state index contributed by atoms with van der Waals surface area (Å²) in [6.45, 7) is 5.26. The number of nitrogens with zero attached hydrogens (tertiary/aromatic N) is 1. The van der Waals surface area contributed by atoms with E-state index in [1.807, 2.05) is 13.8 Å². The third-order valence-corrected chi connectivity index (χ3v) is 5.18. The highest BCUT2D eigenvalue weighted by molar-refractivity contribution is 5.94. The highest BCUT2D eigenvalue weighted by Crippen LogP contribution is 2.07. The number of carbonyl (C=O) groups is 5. The molecule has 0 aromatic rings. The molecule has 0 saturated carbocycles. The van der Waals surface area contributed by atoms with Crippen LogP contribution < -0.4 is 38.9 Å². The quantitative estimate of drug-likeness (QED) is 0.0637. The van der Waals surface area contributed by atoms with Crippen LogP contribution in [0, 0.1) is 5.92 Å². The average molecular weight is 487 g/mol. The molecule has 0 rings (SSSR count). The Morgan fingerprint density at radius 1 is 0.882 bits per heavy atom. The first kappa shape index (κ1) is 30.6. The van der Waals surface area contributed by atoms with Crippen molar-refractivity contribution in [2.75, 3.05) is 6.54 Å². The average Bonchev–Trinajstić information content (AvgIpc) is 2.76. The molecule has 0 aromatic heterocycles. The molecule has 0 bridgehead atoms. The molecule has 0 heterocycles. The van der Waals surface area contributed by atoms with Crippen molar-refractivity contribution in [3.05, 3.63) is 0 Å². The first-order valence-corrected chi connectivity index (χ1v) is 11.0. The van der Waals surface area contributed by atoms with Crippen LogP contribution in [0.2, 0.25) is 0 Å². The first-order chi connectivity index (χ1) is 15.8. The van der Waals surface area contributed by atoms with E-state index in [9.17, 15) is 29.1 Å². The van der Waals surface area contributed by atoms with Gasteiger partial charge >= 0.3 is 5.97 Å². The lowest BCUT2D eigenvalue weighted by molar-refractivity contribution is -0.142. The van der Waals surface area contributed by atoms with E-state index in [2.05, 4.69) is 20.9 Å². The molecule has 12 N–H and O–H groups in total. The van der Waals surface area contributed by atoms with Crippen LogP contribution in [0.15, 0.2) is 4.99 Å². The van der Waals surface area contributed by atoms with Crippen LogP contribution in [0.5, 0.6) is 0 Å². The maximum atomic E-state index is 12.8. The van der Waals surface area contributed by atoms with Crippen LogP contribution in [0.1, 0.15) is 52.9 Å². The van der Waals surface area contributed by atoms with Crippen LogP contribution in [0.4, 0.5) is 0 Å². The Kier molecular flexibility index (Phi) is 13.9. The van der Waals surface area contributed by atoms with Crippen molar-refractivity contribution < 1.29 is 29.1 Å². The minimum atomic E-state index is -1.36. The van der Waals surface area contributed by atoms with E-state index in [1.165, 1.54) is 6.92 Å². The van der Waals surface area contributed by atoms with E-state index < -0.39 is 53.8 Å². The summed E-state index contributed by atoms with van der Waals surface area (Å²) in [4.78, 5) is 63.8. The van der Waals surface area contributed by atoms with E-state index in [0.29, 0.717) is 12.8 Å². The molecule has 14 heteroatoms. The summed E-state index contributed by atoms with van der Waals surface area (Å²) >= 11 is 0. The van der Waals surface area contributed by atoms with Crippen molar-refractivity contribution in [3.8, 4) is 0 Å². The number of nitrogens with two attached hydrogens (primary N) is 4. The number of primary amides is 1. The first-order valence-electron chi connectivity index (χ1n) is 11.0. The van der Waals surface area contributed by atoms with Gasteiger partial charge in [0, 0.05) is 13.0 Å². The molecule has 0 aliphatic carbocycles. The Morgan fingerprint density at radius 3 is 1.97 bits per heavy atom. The number of amides is 4. The second-order valence-electron chi connectivity index (χ2n) is 8.06. The molecule has 4 amide bonds. The second-order valence-corrected chi connectivity index (χ2v) is 8.06. The number of carboxylic acid groups (broad SMARTS) is 1. The van der Waals surface area contributed by atoms with Gasteiger partial charge in [-0.2, -0.15) is 0 Å².